The van der Waals surface area contributed by atoms with Crippen molar-refractivity contribution in [3.05, 3.63) is 47.4 Å². The van der Waals surface area contributed by atoms with E-state index in [-0.39, 0.29) is 0 Å². The van der Waals surface area contributed by atoms with Crippen LogP contribution in [0.1, 0.15) is 23.7 Å². The number of benzene rings is 1. The number of hydrogen-bond donors (Lipinski definition) is 0. The zero-order valence-electron chi connectivity index (χ0n) is 10.4. The topological polar surface area (TPSA) is 35.0 Å². The average Bonchev–Trinajstić information content (AvgIpc) is 2.31. The highest BCUT2D eigenvalue weighted by Gasteiger charge is 2.05. The molecule has 1 aromatic heterocycles. The molecule has 2 rings (SSSR count). The third kappa shape index (κ3) is 2.81. The fourth-order valence-electron chi connectivity index (χ4n) is 1.68. The summed E-state index contributed by atoms with van der Waals surface area (Å²) >= 11 is 0. The first kappa shape index (κ1) is 11.6. The number of rotatable bonds is 3. The van der Waals surface area contributed by atoms with Crippen LogP contribution >= 0.6 is 0 Å². The maximum atomic E-state index is 5.79. The molecule has 0 atom stereocenters. The first-order valence-electron chi connectivity index (χ1n) is 5.75. The molecule has 0 saturated heterocycles. The molecule has 3 heteroatoms. The first-order valence-corrected chi connectivity index (χ1v) is 5.75. The Morgan fingerprint density at radius 1 is 1.12 bits per heavy atom. The summed E-state index contributed by atoms with van der Waals surface area (Å²) in [7, 11) is 0. The number of aromatic nitrogens is 2. The van der Waals surface area contributed by atoms with Crippen LogP contribution in [0, 0.1) is 13.8 Å². The van der Waals surface area contributed by atoms with E-state index in [0.29, 0.717) is 5.88 Å². The predicted octanol–water partition coefficient (Wildman–Crippen LogP) is 3.45. The van der Waals surface area contributed by atoms with E-state index in [1.165, 1.54) is 17.5 Å². The van der Waals surface area contributed by atoms with Gasteiger partial charge in [0.25, 0.3) is 0 Å². The minimum Gasteiger partial charge on any atom is -0.439 e. The Labute approximate surface area is 102 Å². The van der Waals surface area contributed by atoms with Crippen LogP contribution in [0.4, 0.5) is 0 Å². The molecule has 0 saturated carbocycles. The van der Waals surface area contributed by atoms with Gasteiger partial charge >= 0.3 is 0 Å². The predicted molar refractivity (Wildman–Crippen MR) is 67.4 cm³/mol. The molecule has 1 heterocycles. The van der Waals surface area contributed by atoms with Gasteiger partial charge in [-0.25, -0.2) is 9.97 Å². The fraction of sp³-hybridized carbons (Fsp3) is 0.286. The highest BCUT2D eigenvalue weighted by Crippen LogP contribution is 2.25. The summed E-state index contributed by atoms with van der Waals surface area (Å²) in [6.45, 7) is 6.12. The van der Waals surface area contributed by atoms with Crippen molar-refractivity contribution in [3.63, 3.8) is 0 Å². The highest BCUT2D eigenvalue weighted by atomic mass is 16.5. The summed E-state index contributed by atoms with van der Waals surface area (Å²) in [5, 5.41) is 0. The molecule has 0 unspecified atom stereocenters. The minimum absolute atomic E-state index is 0.594. The van der Waals surface area contributed by atoms with E-state index < -0.39 is 0 Å². The molecule has 3 nitrogen and oxygen atoms in total. The Hall–Kier alpha value is -1.90. The van der Waals surface area contributed by atoms with E-state index in [9.17, 15) is 0 Å². The van der Waals surface area contributed by atoms with Crippen molar-refractivity contribution in [1.82, 2.24) is 9.97 Å². The van der Waals surface area contributed by atoms with Crippen molar-refractivity contribution in [1.29, 1.82) is 0 Å². The summed E-state index contributed by atoms with van der Waals surface area (Å²) in [5.41, 5.74) is 3.34. The molecule has 17 heavy (non-hydrogen) atoms. The van der Waals surface area contributed by atoms with Gasteiger partial charge in [-0.05, 0) is 31.9 Å². The molecule has 0 aliphatic rings. The van der Waals surface area contributed by atoms with Gasteiger partial charge in [0.15, 0.2) is 0 Å². The van der Waals surface area contributed by atoms with Gasteiger partial charge in [0, 0.05) is 11.8 Å². The van der Waals surface area contributed by atoms with Gasteiger partial charge in [-0.15, -0.1) is 0 Å². The van der Waals surface area contributed by atoms with Gasteiger partial charge in [-0.2, -0.15) is 0 Å². The Kier molecular flexibility index (Phi) is 3.38. The van der Waals surface area contributed by atoms with E-state index in [4.69, 9.17) is 4.74 Å². The van der Waals surface area contributed by atoms with E-state index in [0.717, 1.165) is 17.9 Å². The normalized spacial score (nSPS) is 10.3. The maximum Gasteiger partial charge on any atom is 0.222 e. The summed E-state index contributed by atoms with van der Waals surface area (Å²) < 4.78 is 5.79. The van der Waals surface area contributed by atoms with Gasteiger partial charge in [-0.1, -0.05) is 24.6 Å². The molecule has 0 spiro atoms. The molecule has 0 aliphatic carbocycles. The molecular formula is C14H16N2O. The van der Waals surface area contributed by atoms with E-state index in [1.54, 1.807) is 0 Å². The Morgan fingerprint density at radius 2 is 1.94 bits per heavy atom. The second-order valence-corrected chi connectivity index (χ2v) is 4.06. The second-order valence-electron chi connectivity index (χ2n) is 4.06. The number of ether oxygens (including phenoxy) is 1. The second kappa shape index (κ2) is 4.95. The van der Waals surface area contributed by atoms with Crippen LogP contribution in [0.2, 0.25) is 0 Å². The van der Waals surface area contributed by atoms with E-state index in [2.05, 4.69) is 29.9 Å². The minimum atomic E-state index is 0.594. The molecule has 0 amide bonds. The monoisotopic (exact) mass is 228 g/mol. The summed E-state index contributed by atoms with van der Waals surface area (Å²) in [4.78, 5) is 8.15. The third-order valence-corrected chi connectivity index (χ3v) is 2.59. The smallest absolute Gasteiger partial charge is 0.222 e. The Balaban J connectivity index is 2.29. The lowest BCUT2D eigenvalue weighted by molar-refractivity contribution is 0.455. The van der Waals surface area contributed by atoms with Crippen molar-refractivity contribution >= 4 is 0 Å². The SMILES string of the molecule is CCc1cc(C)ccc1Oc1cc(C)ncn1. The lowest BCUT2D eigenvalue weighted by Crippen LogP contribution is -1.94. The third-order valence-electron chi connectivity index (χ3n) is 2.59. The van der Waals surface area contributed by atoms with Crippen LogP contribution in [0.3, 0.4) is 0 Å². The molecule has 88 valence electrons. The van der Waals surface area contributed by atoms with E-state index >= 15 is 0 Å². The maximum absolute atomic E-state index is 5.79. The van der Waals surface area contributed by atoms with Crippen molar-refractivity contribution in [3.8, 4) is 11.6 Å². The summed E-state index contributed by atoms with van der Waals surface area (Å²) in [5.74, 6) is 1.47. The van der Waals surface area contributed by atoms with Crippen LogP contribution in [0.15, 0.2) is 30.6 Å². The molecule has 0 bridgehead atoms. The van der Waals surface area contributed by atoms with Gasteiger partial charge < -0.3 is 4.74 Å². The Bertz CT molecular complexity index is 523. The van der Waals surface area contributed by atoms with Crippen LogP contribution in [0.25, 0.3) is 0 Å². The van der Waals surface area contributed by atoms with Crippen molar-refractivity contribution in [2.45, 2.75) is 27.2 Å². The van der Waals surface area contributed by atoms with Gasteiger partial charge in [0.2, 0.25) is 5.88 Å². The lowest BCUT2D eigenvalue weighted by Gasteiger charge is -2.10. The highest BCUT2D eigenvalue weighted by molar-refractivity contribution is 5.39. The van der Waals surface area contributed by atoms with E-state index in [1.807, 2.05) is 25.1 Å². The molecule has 0 fully saturated rings. The number of aryl methyl sites for hydroxylation is 3. The van der Waals surface area contributed by atoms with Gasteiger partial charge in [0.1, 0.15) is 12.1 Å². The summed E-state index contributed by atoms with van der Waals surface area (Å²) in [6, 6.07) is 8.01. The Morgan fingerprint density at radius 3 is 2.65 bits per heavy atom. The molecule has 0 aliphatic heterocycles. The molecule has 0 N–H and O–H groups in total. The van der Waals surface area contributed by atoms with Crippen molar-refractivity contribution in [2.75, 3.05) is 0 Å². The van der Waals surface area contributed by atoms with Crippen molar-refractivity contribution in [2.24, 2.45) is 0 Å². The van der Waals surface area contributed by atoms with Crippen molar-refractivity contribution < 1.29 is 4.74 Å². The number of nitrogens with zero attached hydrogens (tertiary/aromatic N) is 2. The summed E-state index contributed by atoms with van der Waals surface area (Å²) in [6.07, 6.45) is 2.46. The zero-order chi connectivity index (χ0) is 12.3. The zero-order valence-corrected chi connectivity index (χ0v) is 10.4. The number of hydrogen-bond acceptors (Lipinski definition) is 3. The van der Waals surface area contributed by atoms with Gasteiger partial charge in [0.05, 0.1) is 0 Å². The first-order chi connectivity index (χ1) is 8.19. The quantitative estimate of drug-likeness (QED) is 0.807. The molecule has 2 aromatic rings. The molecular weight excluding hydrogens is 212 g/mol. The van der Waals surface area contributed by atoms with Crippen LogP contribution in [-0.2, 0) is 6.42 Å². The van der Waals surface area contributed by atoms with Gasteiger partial charge in [-0.3, -0.25) is 0 Å². The molecule has 1 aromatic carbocycles. The fourth-order valence-corrected chi connectivity index (χ4v) is 1.68. The van der Waals surface area contributed by atoms with Crippen LogP contribution in [-0.4, -0.2) is 9.97 Å². The van der Waals surface area contributed by atoms with Crippen LogP contribution in [0.5, 0.6) is 11.6 Å². The van der Waals surface area contributed by atoms with Crippen LogP contribution < -0.4 is 4.74 Å². The largest absolute Gasteiger partial charge is 0.439 e. The molecule has 0 radical (unpaired) electrons. The standard InChI is InChI=1S/C14H16N2O/c1-4-12-7-10(2)5-6-13(12)17-14-8-11(3)15-9-16-14/h5-9H,4H2,1-3H3. The lowest BCUT2D eigenvalue weighted by atomic mass is 10.1. The average molecular weight is 228 g/mol.